The second kappa shape index (κ2) is 11.3. The van der Waals surface area contributed by atoms with Gasteiger partial charge in [-0.05, 0) is 47.1 Å². The highest BCUT2D eigenvalue weighted by molar-refractivity contribution is 6.91. The summed E-state index contributed by atoms with van der Waals surface area (Å²) >= 11 is 0. The molecule has 2 aromatic rings. The van der Waals surface area contributed by atoms with Crippen molar-refractivity contribution in [3.63, 3.8) is 0 Å². The van der Waals surface area contributed by atoms with Crippen LogP contribution < -0.4 is 5.19 Å². The molecule has 2 aromatic carbocycles. The molecule has 0 saturated heterocycles. The van der Waals surface area contributed by atoms with E-state index in [9.17, 15) is 14.4 Å². The maximum absolute atomic E-state index is 13.6. The zero-order valence-corrected chi connectivity index (χ0v) is 23.8. The number of ether oxygens (including phenoxy) is 3. The van der Waals surface area contributed by atoms with Gasteiger partial charge in [-0.3, -0.25) is 0 Å². The number of amides is 2. The third-order valence-corrected chi connectivity index (χ3v) is 9.70. The molecule has 2 rings (SSSR count). The van der Waals surface area contributed by atoms with E-state index in [-0.39, 0.29) is 0 Å². The topological polar surface area (TPSA) is 82.1 Å². The molecule has 0 bridgehead atoms. The van der Waals surface area contributed by atoms with Gasteiger partial charge < -0.3 is 14.2 Å². The maximum Gasteiger partial charge on any atom is 0.420 e. The van der Waals surface area contributed by atoms with Gasteiger partial charge in [-0.25, -0.2) is 14.4 Å². The monoisotopic (exact) mass is 513 g/mol. The fourth-order valence-electron chi connectivity index (χ4n) is 4.14. The zero-order chi connectivity index (χ0) is 27.3. The molecule has 7 nitrogen and oxygen atoms in total. The fraction of sp³-hybridized carbons (Fsp3) is 0.464. The normalized spacial score (nSPS) is 13.8. The molecule has 1 unspecified atom stereocenters. The van der Waals surface area contributed by atoms with Crippen molar-refractivity contribution < 1.29 is 28.6 Å². The second-order valence-corrected chi connectivity index (χ2v) is 15.9. The van der Waals surface area contributed by atoms with Crippen LogP contribution in [0.1, 0.15) is 52.6 Å². The Balaban J connectivity index is 2.82. The van der Waals surface area contributed by atoms with Gasteiger partial charge in [0.25, 0.3) is 0 Å². The number of hydrogen-bond donors (Lipinski definition) is 0. The van der Waals surface area contributed by atoms with Crippen LogP contribution in [0.2, 0.25) is 13.1 Å². The summed E-state index contributed by atoms with van der Waals surface area (Å²) in [6.07, 6.45) is -1.93. The summed E-state index contributed by atoms with van der Waals surface area (Å²) in [5.74, 6) is -0.725. The highest BCUT2D eigenvalue weighted by Crippen LogP contribution is 2.35. The highest BCUT2D eigenvalue weighted by atomic mass is 28.3. The number of hydrogen-bond acceptors (Lipinski definition) is 6. The van der Waals surface area contributed by atoms with E-state index in [4.69, 9.17) is 14.2 Å². The Morgan fingerprint density at radius 3 is 1.56 bits per heavy atom. The van der Waals surface area contributed by atoms with E-state index in [1.807, 2.05) is 60.7 Å². The maximum atomic E-state index is 13.6. The van der Waals surface area contributed by atoms with Crippen molar-refractivity contribution in [3.8, 4) is 0 Å². The van der Waals surface area contributed by atoms with E-state index in [1.165, 1.54) is 7.11 Å². The van der Waals surface area contributed by atoms with Gasteiger partial charge >= 0.3 is 18.2 Å². The van der Waals surface area contributed by atoms with Crippen molar-refractivity contribution in [2.75, 3.05) is 7.11 Å². The SMILES string of the molecule is COC(=O)C([C@@H](c1ccccc1)[Si](C)(C)c1ccccc1)N(C(=O)OC(C)(C)C)C(=O)OC(C)(C)C. The molecule has 2 atom stereocenters. The third kappa shape index (κ3) is 7.43. The van der Waals surface area contributed by atoms with Gasteiger partial charge in [0.05, 0.1) is 15.2 Å². The minimum atomic E-state index is -2.62. The summed E-state index contributed by atoms with van der Waals surface area (Å²) in [5.41, 5.74) is -1.57. The highest BCUT2D eigenvalue weighted by Gasteiger charge is 2.51. The van der Waals surface area contributed by atoms with E-state index in [1.54, 1.807) is 41.5 Å². The van der Waals surface area contributed by atoms with Gasteiger partial charge in [-0.1, -0.05) is 78.9 Å². The largest absolute Gasteiger partial charge is 0.467 e. The number of carbonyl (C=O) groups excluding carboxylic acids is 3. The van der Waals surface area contributed by atoms with E-state index >= 15 is 0 Å². The Morgan fingerprint density at radius 1 is 0.750 bits per heavy atom. The van der Waals surface area contributed by atoms with Gasteiger partial charge in [0.2, 0.25) is 0 Å². The lowest BCUT2D eigenvalue weighted by molar-refractivity contribution is -0.147. The lowest BCUT2D eigenvalue weighted by Gasteiger charge is -2.41. The first-order chi connectivity index (χ1) is 16.6. The predicted molar refractivity (Wildman–Crippen MR) is 143 cm³/mol. The summed E-state index contributed by atoms with van der Waals surface area (Å²) < 4.78 is 16.4. The molecule has 0 aromatic heterocycles. The Labute approximate surface area is 215 Å². The molecular formula is C28H39NO6Si. The number of rotatable bonds is 6. The lowest BCUT2D eigenvalue weighted by Crippen LogP contribution is -2.62. The van der Waals surface area contributed by atoms with Crippen LogP contribution in [0.4, 0.5) is 9.59 Å². The molecule has 2 amide bonds. The molecule has 0 N–H and O–H groups in total. The molecule has 0 saturated carbocycles. The smallest absolute Gasteiger partial charge is 0.420 e. The van der Waals surface area contributed by atoms with Crippen molar-refractivity contribution in [2.45, 2.75) is 77.4 Å². The van der Waals surface area contributed by atoms with Crippen LogP contribution in [0.25, 0.3) is 0 Å². The summed E-state index contributed by atoms with van der Waals surface area (Å²) in [7, 11) is -1.37. The van der Waals surface area contributed by atoms with Crippen molar-refractivity contribution in [2.24, 2.45) is 0 Å². The van der Waals surface area contributed by atoms with Gasteiger partial charge in [-0.15, -0.1) is 0 Å². The number of carbonyl (C=O) groups is 3. The first-order valence-electron chi connectivity index (χ1n) is 12.0. The van der Waals surface area contributed by atoms with E-state index in [0.29, 0.717) is 0 Å². The summed E-state index contributed by atoms with van der Waals surface area (Å²) in [5, 5.41) is 1.06. The Hall–Kier alpha value is -3.13. The molecule has 0 aliphatic rings. The Bertz CT molecular complexity index is 1010. The van der Waals surface area contributed by atoms with Crippen LogP contribution in [0.15, 0.2) is 60.7 Å². The molecule has 36 heavy (non-hydrogen) atoms. The van der Waals surface area contributed by atoms with E-state index in [2.05, 4.69) is 13.1 Å². The minimum absolute atomic E-state index is 0.561. The van der Waals surface area contributed by atoms with Crippen molar-refractivity contribution in [1.29, 1.82) is 0 Å². The number of methoxy groups -OCH3 is 1. The number of benzene rings is 2. The Morgan fingerprint density at radius 2 is 1.17 bits per heavy atom. The second-order valence-electron chi connectivity index (χ2n) is 11.3. The molecule has 0 spiro atoms. The van der Waals surface area contributed by atoms with Crippen LogP contribution >= 0.6 is 0 Å². The average Bonchev–Trinajstić information content (AvgIpc) is 2.77. The first-order valence-corrected chi connectivity index (χ1v) is 15.1. The fourth-order valence-corrected chi connectivity index (χ4v) is 7.65. The molecule has 0 heterocycles. The summed E-state index contributed by atoms with van der Waals surface area (Å²) in [6, 6.07) is 18.0. The van der Waals surface area contributed by atoms with Gasteiger partial charge in [0, 0.05) is 5.54 Å². The van der Waals surface area contributed by atoms with Crippen molar-refractivity contribution in [1.82, 2.24) is 4.90 Å². The van der Waals surface area contributed by atoms with E-state index < -0.39 is 49.0 Å². The van der Waals surface area contributed by atoms with Crippen molar-refractivity contribution in [3.05, 3.63) is 66.2 Å². The standard InChI is InChI=1S/C28H39NO6Si/c1-27(2,3)34-25(31)29(26(32)35-28(4,5)6)22(24(30)33-7)23(20-16-12-10-13-17-20)36(8,9)21-18-14-11-15-19-21/h10-19,22-23H,1-9H3/t22?,23-/m1/s1. The molecular weight excluding hydrogens is 474 g/mol. The van der Waals surface area contributed by atoms with Gasteiger partial charge in [0.15, 0.2) is 0 Å². The first kappa shape index (κ1) is 29.1. The van der Waals surface area contributed by atoms with Crippen LogP contribution in [0.3, 0.4) is 0 Å². The van der Waals surface area contributed by atoms with Crippen LogP contribution in [-0.2, 0) is 19.0 Å². The van der Waals surface area contributed by atoms with Gasteiger partial charge in [-0.2, -0.15) is 4.90 Å². The number of esters is 1. The zero-order valence-electron chi connectivity index (χ0n) is 22.8. The number of imide groups is 1. The average molecular weight is 514 g/mol. The Kier molecular flexibility index (Phi) is 9.12. The molecule has 0 aliphatic heterocycles. The molecule has 0 fully saturated rings. The summed E-state index contributed by atoms with van der Waals surface area (Å²) in [6.45, 7) is 14.4. The van der Waals surface area contributed by atoms with Crippen molar-refractivity contribution >= 4 is 31.4 Å². The summed E-state index contributed by atoms with van der Waals surface area (Å²) in [4.78, 5) is 41.4. The number of nitrogens with zero attached hydrogens (tertiary/aromatic N) is 1. The minimum Gasteiger partial charge on any atom is -0.467 e. The lowest BCUT2D eigenvalue weighted by atomic mass is 10.0. The van der Waals surface area contributed by atoms with Crippen LogP contribution in [-0.4, -0.2) is 55.5 Å². The molecule has 8 heteroatoms. The van der Waals surface area contributed by atoms with Crippen LogP contribution in [0.5, 0.6) is 0 Å². The predicted octanol–water partition coefficient (Wildman–Crippen LogP) is 5.64. The molecule has 0 radical (unpaired) electrons. The quantitative estimate of drug-likeness (QED) is 0.282. The van der Waals surface area contributed by atoms with Crippen LogP contribution in [0, 0.1) is 0 Å². The molecule has 196 valence electrons. The third-order valence-electron chi connectivity index (χ3n) is 5.67. The van der Waals surface area contributed by atoms with Gasteiger partial charge in [0.1, 0.15) is 17.2 Å². The molecule has 0 aliphatic carbocycles. The van der Waals surface area contributed by atoms with E-state index in [0.717, 1.165) is 15.7 Å².